The number of rotatable bonds is 7. The molecule has 0 radical (unpaired) electrons. The van der Waals surface area contributed by atoms with Crippen molar-refractivity contribution in [2.45, 2.75) is 44.8 Å². The van der Waals surface area contributed by atoms with Crippen LogP contribution in [0, 0.1) is 0 Å². The highest BCUT2D eigenvalue weighted by atomic mass is 15.2. The van der Waals surface area contributed by atoms with E-state index >= 15 is 0 Å². The summed E-state index contributed by atoms with van der Waals surface area (Å²) in [5.74, 6) is 0.950. The van der Waals surface area contributed by atoms with Crippen LogP contribution in [0.2, 0.25) is 0 Å². The Morgan fingerprint density at radius 3 is 2.45 bits per heavy atom. The van der Waals surface area contributed by atoms with Crippen LogP contribution in [0.5, 0.6) is 0 Å². The Hall–Kier alpha value is -2.37. The van der Waals surface area contributed by atoms with Gasteiger partial charge in [-0.05, 0) is 42.4 Å². The lowest BCUT2D eigenvalue weighted by Gasteiger charge is -2.33. The molecule has 0 aromatic heterocycles. The quantitative estimate of drug-likeness (QED) is 0.411. The average Bonchev–Trinajstić information content (AvgIpc) is 2.82. The summed E-state index contributed by atoms with van der Waals surface area (Å²) in [5.41, 5.74) is 4.43. The van der Waals surface area contributed by atoms with Gasteiger partial charge in [0, 0.05) is 58.9 Å². The zero-order valence-corrected chi connectivity index (χ0v) is 18.9. The van der Waals surface area contributed by atoms with Crippen LogP contribution >= 0.6 is 0 Å². The molecule has 0 aliphatic carbocycles. The van der Waals surface area contributed by atoms with E-state index < -0.39 is 0 Å². The first kappa shape index (κ1) is 21.8. The summed E-state index contributed by atoms with van der Waals surface area (Å²) in [6.07, 6.45) is 4.65. The minimum absolute atomic E-state index is 0.511. The molecule has 5 heteroatoms. The van der Waals surface area contributed by atoms with Gasteiger partial charge in [0.25, 0.3) is 0 Å². The fourth-order valence-corrected chi connectivity index (χ4v) is 4.72. The van der Waals surface area contributed by atoms with Crippen molar-refractivity contribution in [3.8, 4) is 0 Å². The van der Waals surface area contributed by atoms with Crippen LogP contribution < -0.4 is 10.6 Å². The van der Waals surface area contributed by atoms with Crippen LogP contribution in [0.25, 0.3) is 0 Å². The maximum Gasteiger partial charge on any atom is 0.191 e. The third-order valence-corrected chi connectivity index (χ3v) is 6.55. The Morgan fingerprint density at radius 2 is 1.68 bits per heavy atom. The number of fused-ring (bicyclic) bond motifs is 1. The van der Waals surface area contributed by atoms with Crippen LogP contribution in [-0.2, 0) is 19.5 Å². The second-order valence-corrected chi connectivity index (χ2v) is 8.83. The third kappa shape index (κ3) is 6.55. The largest absolute Gasteiger partial charge is 0.356 e. The van der Waals surface area contributed by atoms with E-state index in [9.17, 15) is 0 Å². The number of hydrogen-bond donors (Lipinski definition) is 2. The first-order chi connectivity index (χ1) is 15.3. The lowest BCUT2D eigenvalue weighted by atomic mass is 10.00. The van der Waals surface area contributed by atoms with Crippen LogP contribution in [0.15, 0.2) is 59.6 Å². The summed E-state index contributed by atoms with van der Waals surface area (Å²) in [7, 11) is 1.88. The first-order valence-corrected chi connectivity index (χ1v) is 11.8. The van der Waals surface area contributed by atoms with E-state index in [0.29, 0.717) is 6.04 Å². The Morgan fingerprint density at radius 1 is 0.935 bits per heavy atom. The molecular formula is C26H37N5. The molecule has 31 heavy (non-hydrogen) atoms. The standard InChI is InChI=1S/C26H37N5/c1-27-26(28-15-7-16-30-17-12-23-10-5-6-11-24(23)21-30)29-25-13-18-31(19-14-25)20-22-8-3-2-4-9-22/h2-6,8-11,25H,7,12-21H2,1H3,(H2,27,28,29). The predicted molar refractivity (Wildman–Crippen MR) is 129 cm³/mol. The minimum Gasteiger partial charge on any atom is -0.356 e. The SMILES string of the molecule is CN=C(NCCCN1CCc2ccccc2C1)NC1CCN(Cc2ccccc2)CC1. The monoisotopic (exact) mass is 419 g/mol. The van der Waals surface area contributed by atoms with E-state index in [-0.39, 0.29) is 0 Å². The molecule has 0 bridgehead atoms. The van der Waals surface area contributed by atoms with Crippen LogP contribution in [0.3, 0.4) is 0 Å². The summed E-state index contributed by atoms with van der Waals surface area (Å²) in [6.45, 7) is 7.69. The number of benzene rings is 2. The van der Waals surface area contributed by atoms with Gasteiger partial charge in [-0.3, -0.25) is 14.8 Å². The fraction of sp³-hybridized carbons (Fsp3) is 0.500. The normalized spacial score (nSPS) is 18.5. The van der Waals surface area contributed by atoms with Crippen molar-refractivity contribution in [2.75, 3.05) is 39.8 Å². The summed E-state index contributed by atoms with van der Waals surface area (Å²) in [5, 5.41) is 7.17. The van der Waals surface area contributed by atoms with Crippen molar-refractivity contribution in [1.29, 1.82) is 0 Å². The Bertz CT molecular complexity index is 827. The van der Waals surface area contributed by atoms with Crippen LogP contribution in [0.4, 0.5) is 0 Å². The maximum atomic E-state index is 4.45. The maximum absolute atomic E-state index is 4.45. The molecule has 2 aromatic carbocycles. The Labute approximate surface area is 187 Å². The highest BCUT2D eigenvalue weighted by molar-refractivity contribution is 5.79. The van der Waals surface area contributed by atoms with Gasteiger partial charge in [-0.15, -0.1) is 0 Å². The molecule has 0 amide bonds. The smallest absolute Gasteiger partial charge is 0.191 e. The van der Waals surface area contributed by atoms with Gasteiger partial charge in [0.15, 0.2) is 5.96 Å². The van der Waals surface area contributed by atoms with Gasteiger partial charge in [-0.2, -0.15) is 0 Å². The van der Waals surface area contributed by atoms with Gasteiger partial charge in [0.1, 0.15) is 0 Å². The molecule has 2 aromatic rings. The number of hydrogen-bond acceptors (Lipinski definition) is 3. The predicted octanol–water partition coefficient (Wildman–Crippen LogP) is 3.26. The highest BCUT2D eigenvalue weighted by Gasteiger charge is 2.20. The van der Waals surface area contributed by atoms with Gasteiger partial charge in [0.2, 0.25) is 0 Å². The summed E-state index contributed by atoms with van der Waals surface area (Å²) >= 11 is 0. The average molecular weight is 420 g/mol. The van der Waals surface area contributed by atoms with Crippen LogP contribution in [0.1, 0.15) is 36.0 Å². The minimum atomic E-state index is 0.511. The Balaban J connectivity index is 1.12. The summed E-state index contributed by atoms with van der Waals surface area (Å²) < 4.78 is 0. The van der Waals surface area contributed by atoms with Crippen molar-refractivity contribution >= 4 is 5.96 Å². The number of nitrogens with one attached hydrogen (secondary N) is 2. The van der Waals surface area contributed by atoms with E-state index in [1.807, 2.05) is 7.05 Å². The molecule has 0 atom stereocenters. The molecule has 2 aliphatic rings. The second-order valence-electron chi connectivity index (χ2n) is 8.83. The zero-order chi connectivity index (χ0) is 21.3. The summed E-state index contributed by atoms with van der Waals surface area (Å²) in [6, 6.07) is 20.2. The van der Waals surface area contributed by atoms with E-state index in [1.165, 1.54) is 42.5 Å². The van der Waals surface area contributed by atoms with Gasteiger partial charge in [-0.1, -0.05) is 54.6 Å². The van der Waals surface area contributed by atoms with Gasteiger partial charge in [-0.25, -0.2) is 0 Å². The molecule has 0 spiro atoms. The number of aliphatic imine (C=N–C) groups is 1. The lowest BCUT2D eigenvalue weighted by molar-refractivity contribution is 0.198. The fourth-order valence-electron chi connectivity index (χ4n) is 4.72. The van der Waals surface area contributed by atoms with Crippen molar-refractivity contribution < 1.29 is 0 Å². The number of piperidine rings is 1. The molecule has 2 N–H and O–H groups in total. The van der Waals surface area contributed by atoms with E-state index in [4.69, 9.17) is 0 Å². The molecule has 0 saturated carbocycles. The first-order valence-electron chi connectivity index (χ1n) is 11.8. The molecule has 2 heterocycles. The molecule has 5 nitrogen and oxygen atoms in total. The third-order valence-electron chi connectivity index (χ3n) is 6.55. The van der Waals surface area contributed by atoms with Gasteiger partial charge < -0.3 is 10.6 Å². The number of likely N-dealkylation sites (tertiary alicyclic amines) is 1. The lowest BCUT2D eigenvalue weighted by Crippen LogP contribution is -2.48. The molecule has 166 valence electrons. The second kappa shape index (κ2) is 11.3. The number of nitrogens with zero attached hydrogens (tertiary/aromatic N) is 3. The van der Waals surface area contributed by atoms with Crippen molar-refractivity contribution in [3.63, 3.8) is 0 Å². The Kier molecular flexibility index (Phi) is 7.97. The van der Waals surface area contributed by atoms with Crippen LogP contribution in [-0.4, -0.2) is 61.6 Å². The van der Waals surface area contributed by atoms with E-state index in [0.717, 1.165) is 51.6 Å². The molecular weight excluding hydrogens is 382 g/mol. The molecule has 2 aliphatic heterocycles. The molecule has 0 unspecified atom stereocenters. The topological polar surface area (TPSA) is 42.9 Å². The zero-order valence-electron chi connectivity index (χ0n) is 18.9. The van der Waals surface area contributed by atoms with Crippen molar-refractivity contribution in [1.82, 2.24) is 20.4 Å². The molecule has 4 rings (SSSR count). The molecule has 1 saturated heterocycles. The van der Waals surface area contributed by atoms with Crippen molar-refractivity contribution in [2.24, 2.45) is 4.99 Å². The summed E-state index contributed by atoms with van der Waals surface area (Å²) in [4.78, 5) is 9.58. The van der Waals surface area contributed by atoms with E-state index in [2.05, 4.69) is 80.0 Å². The number of guanidine groups is 1. The molecule has 1 fully saturated rings. The van der Waals surface area contributed by atoms with Crippen molar-refractivity contribution in [3.05, 3.63) is 71.3 Å². The van der Waals surface area contributed by atoms with Gasteiger partial charge >= 0.3 is 0 Å². The van der Waals surface area contributed by atoms with E-state index in [1.54, 1.807) is 0 Å². The highest BCUT2D eigenvalue weighted by Crippen LogP contribution is 2.18. The van der Waals surface area contributed by atoms with Gasteiger partial charge in [0.05, 0.1) is 0 Å².